The number of carbonyl (C=O) groups is 1. The molecule has 0 radical (unpaired) electrons. The summed E-state index contributed by atoms with van der Waals surface area (Å²) in [5.74, 6) is 1.15. The number of benzene rings is 1. The zero-order valence-electron chi connectivity index (χ0n) is 16.9. The minimum Gasteiger partial charge on any atom is -0.492 e. The van der Waals surface area contributed by atoms with Gasteiger partial charge in [0.2, 0.25) is 0 Å². The second kappa shape index (κ2) is 8.03. The van der Waals surface area contributed by atoms with Crippen LogP contribution in [0.2, 0.25) is 5.02 Å². The summed E-state index contributed by atoms with van der Waals surface area (Å²) < 4.78 is 7.62. The number of hydrogen-bond donors (Lipinski definition) is 0. The summed E-state index contributed by atoms with van der Waals surface area (Å²) in [6.07, 6.45) is 4.02. The number of ether oxygens (including phenoxy) is 1. The Morgan fingerprint density at radius 2 is 2.03 bits per heavy atom. The van der Waals surface area contributed by atoms with E-state index in [1.165, 1.54) is 0 Å². The molecule has 152 valence electrons. The predicted molar refractivity (Wildman–Crippen MR) is 114 cm³/mol. The monoisotopic (exact) mass is 412 g/mol. The van der Waals surface area contributed by atoms with Crippen LogP contribution in [0, 0.1) is 0 Å². The Morgan fingerprint density at radius 1 is 1.31 bits per heavy atom. The molecular formula is C22H25ClN4O2. The van der Waals surface area contributed by atoms with Crippen molar-refractivity contribution >= 4 is 28.5 Å². The van der Waals surface area contributed by atoms with Crippen LogP contribution in [-0.4, -0.2) is 45.8 Å². The number of likely N-dealkylation sites (N-methyl/N-ethyl adjacent to an activating group) is 1. The molecule has 0 saturated heterocycles. The molecule has 4 rings (SSSR count). The van der Waals surface area contributed by atoms with E-state index in [1.807, 2.05) is 22.9 Å². The summed E-state index contributed by atoms with van der Waals surface area (Å²) in [6.45, 7) is 5.01. The van der Waals surface area contributed by atoms with Crippen LogP contribution in [0.15, 0.2) is 36.5 Å². The summed E-state index contributed by atoms with van der Waals surface area (Å²) in [5, 5.41) is 5.95. The molecule has 1 amide bonds. The molecule has 2 heterocycles. The minimum absolute atomic E-state index is 0.0395. The third kappa shape index (κ3) is 4.22. The van der Waals surface area contributed by atoms with Crippen molar-refractivity contribution in [1.82, 2.24) is 19.7 Å². The highest BCUT2D eigenvalue weighted by atomic mass is 35.5. The van der Waals surface area contributed by atoms with E-state index in [1.54, 1.807) is 30.3 Å². The van der Waals surface area contributed by atoms with Gasteiger partial charge in [0.05, 0.1) is 23.7 Å². The molecule has 1 aromatic carbocycles. The van der Waals surface area contributed by atoms with Crippen molar-refractivity contribution in [3.05, 3.63) is 52.8 Å². The molecule has 29 heavy (non-hydrogen) atoms. The number of hydrogen-bond acceptors (Lipinski definition) is 4. The number of aromatic nitrogens is 3. The molecule has 1 aliphatic rings. The van der Waals surface area contributed by atoms with E-state index >= 15 is 0 Å². The average Bonchev–Trinajstić information content (AvgIpc) is 3.46. The Balaban J connectivity index is 1.53. The molecular weight excluding hydrogens is 388 g/mol. The maximum absolute atomic E-state index is 13.2. The van der Waals surface area contributed by atoms with Crippen molar-refractivity contribution in [3.8, 4) is 5.75 Å². The Morgan fingerprint density at radius 3 is 2.69 bits per heavy atom. The van der Waals surface area contributed by atoms with Gasteiger partial charge in [-0.15, -0.1) is 0 Å². The van der Waals surface area contributed by atoms with E-state index in [9.17, 15) is 4.79 Å². The number of fused-ring (bicyclic) bond motifs is 1. The van der Waals surface area contributed by atoms with Crippen molar-refractivity contribution in [2.24, 2.45) is 0 Å². The molecule has 1 fully saturated rings. The zero-order chi connectivity index (χ0) is 20.5. The molecule has 0 bridgehead atoms. The maximum Gasteiger partial charge on any atom is 0.254 e. The van der Waals surface area contributed by atoms with Gasteiger partial charge in [-0.25, -0.2) is 9.67 Å². The third-order valence-corrected chi connectivity index (χ3v) is 5.41. The largest absolute Gasteiger partial charge is 0.492 e. The predicted octanol–water partition coefficient (Wildman–Crippen LogP) is 4.69. The van der Waals surface area contributed by atoms with Crippen LogP contribution < -0.4 is 4.74 Å². The van der Waals surface area contributed by atoms with Gasteiger partial charge in [0.15, 0.2) is 5.65 Å². The first kappa shape index (κ1) is 19.7. The lowest BCUT2D eigenvalue weighted by atomic mass is 10.1. The van der Waals surface area contributed by atoms with Crippen molar-refractivity contribution in [3.63, 3.8) is 0 Å². The van der Waals surface area contributed by atoms with Crippen LogP contribution in [-0.2, 0) is 0 Å². The maximum atomic E-state index is 13.2. The molecule has 0 N–H and O–H groups in total. The van der Waals surface area contributed by atoms with Gasteiger partial charge < -0.3 is 9.64 Å². The number of pyridine rings is 1. The smallest absolute Gasteiger partial charge is 0.254 e. The number of halogens is 1. The topological polar surface area (TPSA) is 60.2 Å². The SMILES string of the molecule is CC(C)n1ncc2c(C(=O)N(C)CCOc3ccc(Cl)cc3)cc(C3CC3)nc21. The number of nitrogens with zero attached hydrogens (tertiary/aromatic N) is 4. The average molecular weight is 413 g/mol. The van der Waals surface area contributed by atoms with Crippen molar-refractivity contribution < 1.29 is 9.53 Å². The van der Waals surface area contributed by atoms with E-state index in [0.29, 0.717) is 29.7 Å². The van der Waals surface area contributed by atoms with Crippen LogP contribution in [0.1, 0.15) is 54.7 Å². The standard InChI is InChI=1S/C22H25ClN4O2/c1-14(2)27-21-19(13-24-27)18(12-20(25-21)15-4-5-15)22(28)26(3)10-11-29-17-8-6-16(23)7-9-17/h6-9,12-15H,4-5,10-11H2,1-3H3. The van der Waals surface area contributed by atoms with Crippen LogP contribution in [0.4, 0.5) is 0 Å². The van der Waals surface area contributed by atoms with Crippen LogP contribution in [0.5, 0.6) is 5.75 Å². The fourth-order valence-corrected chi connectivity index (χ4v) is 3.44. The van der Waals surface area contributed by atoms with Gasteiger partial charge in [0.1, 0.15) is 12.4 Å². The van der Waals surface area contributed by atoms with Gasteiger partial charge in [-0.1, -0.05) is 11.6 Å². The van der Waals surface area contributed by atoms with E-state index in [4.69, 9.17) is 21.3 Å². The van der Waals surface area contributed by atoms with Gasteiger partial charge in [0.25, 0.3) is 5.91 Å². The highest BCUT2D eigenvalue weighted by Gasteiger charge is 2.28. The Bertz CT molecular complexity index is 1030. The summed E-state index contributed by atoms with van der Waals surface area (Å²) in [4.78, 5) is 19.7. The molecule has 0 spiro atoms. The van der Waals surface area contributed by atoms with Gasteiger partial charge in [0, 0.05) is 29.7 Å². The molecule has 1 aliphatic carbocycles. The lowest BCUT2D eigenvalue weighted by Crippen LogP contribution is -2.31. The van der Waals surface area contributed by atoms with Gasteiger partial charge >= 0.3 is 0 Å². The third-order valence-electron chi connectivity index (χ3n) is 5.16. The second-order valence-corrected chi connectivity index (χ2v) is 8.25. The summed E-state index contributed by atoms with van der Waals surface area (Å²) in [6, 6.07) is 9.34. The van der Waals surface area contributed by atoms with E-state index in [0.717, 1.165) is 35.3 Å². The minimum atomic E-state index is -0.0395. The van der Waals surface area contributed by atoms with E-state index in [-0.39, 0.29) is 11.9 Å². The Hall–Kier alpha value is -2.60. The highest BCUT2D eigenvalue weighted by Crippen LogP contribution is 2.40. The number of amides is 1. The first-order chi connectivity index (χ1) is 13.9. The van der Waals surface area contributed by atoms with Crippen LogP contribution >= 0.6 is 11.6 Å². The first-order valence-electron chi connectivity index (χ1n) is 9.96. The molecule has 0 aliphatic heterocycles. The van der Waals surface area contributed by atoms with Crippen molar-refractivity contribution in [2.45, 2.75) is 38.6 Å². The first-order valence-corrected chi connectivity index (χ1v) is 10.3. The molecule has 7 heteroatoms. The molecule has 0 unspecified atom stereocenters. The van der Waals surface area contributed by atoms with Crippen LogP contribution in [0.25, 0.3) is 11.0 Å². The van der Waals surface area contributed by atoms with Crippen molar-refractivity contribution in [2.75, 3.05) is 20.2 Å². The molecule has 0 atom stereocenters. The Kier molecular flexibility index (Phi) is 5.46. The molecule has 3 aromatic rings. The highest BCUT2D eigenvalue weighted by molar-refractivity contribution is 6.30. The fraction of sp³-hybridized carbons (Fsp3) is 0.409. The molecule has 6 nitrogen and oxygen atoms in total. The van der Waals surface area contributed by atoms with Crippen molar-refractivity contribution in [1.29, 1.82) is 0 Å². The quantitative estimate of drug-likeness (QED) is 0.564. The summed E-state index contributed by atoms with van der Waals surface area (Å²) in [5.41, 5.74) is 2.45. The number of rotatable bonds is 7. The lowest BCUT2D eigenvalue weighted by Gasteiger charge is -2.19. The van der Waals surface area contributed by atoms with Gasteiger partial charge in [-0.05, 0) is 57.0 Å². The van der Waals surface area contributed by atoms with Crippen LogP contribution in [0.3, 0.4) is 0 Å². The summed E-state index contributed by atoms with van der Waals surface area (Å²) in [7, 11) is 1.80. The molecule has 2 aromatic heterocycles. The van der Waals surface area contributed by atoms with E-state index in [2.05, 4.69) is 18.9 Å². The lowest BCUT2D eigenvalue weighted by molar-refractivity contribution is 0.0775. The normalized spacial score (nSPS) is 13.8. The fourth-order valence-electron chi connectivity index (χ4n) is 3.32. The van der Waals surface area contributed by atoms with Gasteiger partial charge in [-0.3, -0.25) is 4.79 Å². The Labute approximate surface area is 175 Å². The second-order valence-electron chi connectivity index (χ2n) is 7.82. The zero-order valence-corrected chi connectivity index (χ0v) is 17.7. The van der Waals surface area contributed by atoms with E-state index < -0.39 is 0 Å². The van der Waals surface area contributed by atoms with Gasteiger partial charge in [-0.2, -0.15) is 5.10 Å². The summed E-state index contributed by atoms with van der Waals surface area (Å²) >= 11 is 5.89. The number of carbonyl (C=O) groups excluding carboxylic acids is 1. The molecule has 1 saturated carbocycles.